The number of hydrogen-bond donors (Lipinski definition) is 1. The van der Waals surface area contributed by atoms with Crippen LogP contribution >= 0.6 is 11.6 Å². The number of hydrogen-bond acceptors (Lipinski definition) is 1. The minimum atomic E-state index is 0.369. The molecule has 1 nitrogen and oxygen atoms in total. The molecule has 1 aliphatic rings. The molecule has 3 aromatic carbocycles. The van der Waals surface area contributed by atoms with E-state index < -0.39 is 0 Å². The van der Waals surface area contributed by atoms with Crippen LogP contribution in [0.1, 0.15) is 23.6 Å². The first-order valence-electron chi connectivity index (χ1n) is 8.00. The Balaban J connectivity index is 1.56. The van der Waals surface area contributed by atoms with E-state index in [1.807, 2.05) is 12.1 Å². The highest BCUT2D eigenvalue weighted by molar-refractivity contribution is 6.30. The minimum absolute atomic E-state index is 0.369. The molecule has 0 radical (unpaired) electrons. The maximum atomic E-state index is 6.08. The van der Waals surface area contributed by atoms with Crippen LogP contribution in [0.4, 0.5) is 5.69 Å². The minimum Gasteiger partial charge on any atom is -0.378 e. The summed E-state index contributed by atoms with van der Waals surface area (Å²) in [5.41, 5.74) is 6.38. The van der Waals surface area contributed by atoms with Gasteiger partial charge in [-0.25, -0.2) is 0 Å². The van der Waals surface area contributed by atoms with E-state index in [0.29, 0.717) is 6.04 Å². The number of benzene rings is 3. The summed E-state index contributed by atoms with van der Waals surface area (Å²) in [6, 6.07) is 25.9. The second-order valence-corrected chi connectivity index (χ2v) is 6.46. The van der Waals surface area contributed by atoms with Crippen LogP contribution in [0.2, 0.25) is 5.02 Å². The highest BCUT2D eigenvalue weighted by Gasteiger charge is 2.19. The normalized spacial score (nSPS) is 16.5. The summed E-state index contributed by atoms with van der Waals surface area (Å²) in [6.07, 6.45) is 2.16. The molecule has 0 aliphatic carbocycles. The molecular formula is C21H18ClN. The monoisotopic (exact) mass is 319 g/mol. The predicted molar refractivity (Wildman–Crippen MR) is 98.0 cm³/mol. The molecule has 4 rings (SSSR count). The largest absolute Gasteiger partial charge is 0.378 e. The van der Waals surface area contributed by atoms with Crippen molar-refractivity contribution in [3.8, 4) is 11.1 Å². The first-order chi connectivity index (χ1) is 11.3. The lowest BCUT2D eigenvalue weighted by Gasteiger charge is -2.27. The van der Waals surface area contributed by atoms with Gasteiger partial charge in [0.05, 0.1) is 6.04 Å². The van der Waals surface area contributed by atoms with Gasteiger partial charge in [0.1, 0.15) is 0 Å². The third kappa shape index (κ3) is 2.97. The zero-order valence-electron chi connectivity index (χ0n) is 12.8. The van der Waals surface area contributed by atoms with Crippen molar-refractivity contribution in [1.82, 2.24) is 0 Å². The molecule has 1 heterocycles. The van der Waals surface area contributed by atoms with Crippen molar-refractivity contribution in [2.45, 2.75) is 18.9 Å². The summed E-state index contributed by atoms with van der Waals surface area (Å²) in [5, 5.41) is 4.46. The van der Waals surface area contributed by atoms with E-state index in [1.54, 1.807) is 0 Å². The van der Waals surface area contributed by atoms with Gasteiger partial charge in [0, 0.05) is 10.7 Å². The van der Waals surface area contributed by atoms with E-state index in [9.17, 15) is 0 Å². The Hall–Kier alpha value is -2.25. The average molecular weight is 320 g/mol. The predicted octanol–water partition coefficient (Wildman–Crippen LogP) is 6.11. The van der Waals surface area contributed by atoms with Crippen LogP contribution < -0.4 is 5.32 Å². The quantitative estimate of drug-likeness (QED) is 0.601. The number of nitrogens with one attached hydrogen (secondary N) is 1. The first kappa shape index (κ1) is 14.3. The van der Waals surface area contributed by atoms with Gasteiger partial charge < -0.3 is 5.32 Å². The molecule has 0 saturated carbocycles. The van der Waals surface area contributed by atoms with Crippen LogP contribution in [0.25, 0.3) is 11.1 Å². The van der Waals surface area contributed by atoms with Crippen molar-refractivity contribution in [1.29, 1.82) is 0 Å². The third-order valence-electron chi connectivity index (χ3n) is 4.52. The zero-order valence-corrected chi connectivity index (χ0v) is 13.6. The smallest absolute Gasteiger partial charge is 0.0517 e. The molecule has 0 fully saturated rings. The lowest BCUT2D eigenvalue weighted by atomic mass is 9.92. The van der Waals surface area contributed by atoms with Gasteiger partial charge in [-0.15, -0.1) is 0 Å². The van der Waals surface area contributed by atoms with E-state index >= 15 is 0 Å². The lowest BCUT2D eigenvalue weighted by molar-refractivity contribution is 0.668. The molecule has 0 unspecified atom stereocenters. The van der Waals surface area contributed by atoms with Crippen LogP contribution in [-0.4, -0.2) is 0 Å². The number of aryl methyl sites for hydroxylation is 1. The maximum absolute atomic E-state index is 6.08. The van der Waals surface area contributed by atoms with E-state index in [-0.39, 0.29) is 0 Å². The van der Waals surface area contributed by atoms with Crippen molar-refractivity contribution in [3.63, 3.8) is 0 Å². The fourth-order valence-electron chi connectivity index (χ4n) is 3.26. The van der Waals surface area contributed by atoms with Gasteiger partial charge in [0.25, 0.3) is 0 Å². The number of anilines is 1. The summed E-state index contributed by atoms with van der Waals surface area (Å²) >= 11 is 6.08. The maximum Gasteiger partial charge on any atom is 0.0517 e. The molecule has 23 heavy (non-hydrogen) atoms. The second-order valence-electron chi connectivity index (χ2n) is 6.03. The van der Waals surface area contributed by atoms with Crippen LogP contribution in [0, 0.1) is 0 Å². The van der Waals surface area contributed by atoms with Gasteiger partial charge >= 0.3 is 0 Å². The Kier molecular flexibility index (Phi) is 3.80. The van der Waals surface area contributed by atoms with Crippen LogP contribution in [-0.2, 0) is 6.42 Å². The molecule has 2 heteroatoms. The molecule has 1 aliphatic heterocycles. The van der Waals surface area contributed by atoms with Crippen LogP contribution in [0.15, 0.2) is 72.8 Å². The number of rotatable bonds is 2. The van der Waals surface area contributed by atoms with Crippen molar-refractivity contribution in [3.05, 3.63) is 88.9 Å². The number of halogens is 1. The molecule has 3 aromatic rings. The Bertz CT molecular complexity index is 809. The second kappa shape index (κ2) is 6.10. The van der Waals surface area contributed by atoms with Gasteiger partial charge in [-0.05, 0) is 53.3 Å². The highest BCUT2D eigenvalue weighted by Crippen LogP contribution is 2.34. The zero-order chi connectivity index (χ0) is 15.6. The summed E-state index contributed by atoms with van der Waals surface area (Å²) in [5.74, 6) is 0. The van der Waals surface area contributed by atoms with Gasteiger partial charge in [-0.1, -0.05) is 66.2 Å². The SMILES string of the molecule is Clc1ccc2c(c1)CC[C@@H](c1ccc(-c3ccccc3)cc1)N2. The van der Waals surface area contributed by atoms with Crippen molar-refractivity contribution >= 4 is 17.3 Å². The Morgan fingerprint density at radius 1 is 0.826 bits per heavy atom. The van der Waals surface area contributed by atoms with Gasteiger partial charge in [0.2, 0.25) is 0 Å². The lowest BCUT2D eigenvalue weighted by Crippen LogP contribution is -2.17. The molecular weight excluding hydrogens is 302 g/mol. The fourth-order valence-corrected chi connectivity index (χ4v) is 3.45. The topological polar surface area (TPSA) is 12.0 Å². The van der Waals surface area contributed by atoms with Crippen LogP contribution in [0.5, 0.6) is 0 Å². The van der Waals surface area contributed by atoms with Gasteiger partial charge in [0.15, 0.2) is 0 Å². The van der Waals surface area contributed by atoms with E-state index in [0.717, 1.165) is 17.9 Å². The molecule has 0 spiro atoms. The van der Waals surface area contributed by atoms with Gasteiger partial charge in [-0.3, -0.25) is 0 Å². The summed E-state index contributed by atoms with van der Waals surface area (Å²) in [7, 11) is 0. The van der Waals surface area contributed by atoms with E-state index in [2.05, 4.69) is 66.0 Å². The van der Waals surface area contributed by atoms with Crippen molar-refractivity contribution in [2.24, 2.45) is 0 Å². The molecule has 0 aromatic heterocycles. The number of fused-ring (bicyclic) bond motifs is 1. The third-order valence-corrected chi connectivity index (χ3v) is 4.75. The van der Waals surface area contributed by atoms with Crippen LogP contribution in [0.3, 0.4) is 0 Å². The molecule has 0 bridgehead atoms. The molecule has 0 saturated heterocycles. The van der Waals surface area contributed by atoms with E-state index in [1.165, 1.54) is 27.9 Å². The van der Waals surface area contributed by atoms with E-state index in [4.69, 9.17) is 11.6 Å². The highest BCUT2D eigenvalue weighted by atomic mass is 35.5. The summed E-state index contributed by atoms with van der Waals surface area (Å²) < 4.78 is 0. The standard InChI is InChI=1S/C21H18ClN/c22-19-11-13-21-18(14-19)10-12-20(23-21)17-8-6-16(7-9-17)15-4-2-1-3-5-15/h1-9,11,13-14,20,23H,10,12H2/t20-/m0/s1. The Labute approximate surface area is 141 Å². The van der Waals surface area contributed by atoms with Crippen molar-refractivity contribution in [2.75, 3.05) is 5.32 Å². The molecule has 114 valence electrons. The Morgan fingerprint density at radius 2 is 1.57 bits per heavy atom. The molecule has 1 N–H and O–H groups in total. The summed E-state index contributed by atoms with van der Waals surface area (Å²) in [4.78, 5) is 0. The Morgan fingerprint density at radius 3 is 2.35 bits per heavy atom. The molecule has 0 amide bonds. The fraction of sp³-hybridized carbons (Fsp3) is 0.143. The summed E-state index contributed by atoms with van der Waals surface area (Å²) in [6.45, 7) is 0. The van der Waals surface area contributed by atoms with Crippen molar-refractivity contribution < 1.29 is 0 Å². The van der Waals surface area contributed by atoms with Gasteiger partial charge in [-0.2, -0.15) is 0 Å². The first-order valence-corrected chi connectivity index (χ1v) is 8.38. The average Bonchev–Trinajstić information content (AvgIpc) is 2.62. The molecule has 1 atom stereocenters.